The summed E-state index contributed by atoms with van der Waals surface area (Å²) in [5.74, 6) is 0.865. The van der Waals surface area contributed by atoms with Crippen LogP contribution < -0.4 is 10.3 Å². The van der Waals surface area contributed by atoms with E-state index in [4.69, 9.17) is 9.47 Å². The number of fused-ring (bicyclic) bond motifs is 1. The van der Waals surface area contributed by atoms with Gasteiger partial charge in [-0.1, -0.05) is 12.1 Å². The zero-order chi connectivity index (χ0) is 18.3. The molecular weight excluding hydrogens is 352 g/mol. The maximum atomic E-state index is 12.7. The number of nitrogens with one attached hydrogen (secondary N) is 1. The zero-order valence-corrected chi connectivity index (χ0v) is 15.3. The Bertz CT molecular complexity index is 1020. The minimum Gasteiger partial charge on any atom is -0.497 e. The van der Waals surface area contributed by atoms with Gasteiger partial charge in [0.2, 0.25) is 0 Å². The average molecular weight is 370 g/mol. The maximum Gasteiger partial charge on any atom is 0.309 e. The number of hydrogen-bond acceptors (Lipinski definition) is 6. The van der Waals surface area contributed by atoms with Crippen LogP contribution in [0.4, 0.5) is 0 Å². The molecule has 2 aromatic heterocycles. The number of nitrogens with zero attached hydrogens (tertiary/aromatic N) is 1. The third kappa shape index (κ3) is 2.88. The van der Waals surface area contributed by atoms with Crippen molar-refractivity contribution in [1.82, 2.24) is 9.97 Å². The molecule has 0 saturated heterocycles. The third-order valence-electron chi connectivity index (χ3n) is 4.59. The maximum absolute atomic E-state index is 12.7. The van der Waals surface area contributed by atoms with Gasteiger partial charge >= 0.3 is 5.97 Å². The molecule has 134 valence electrons. The lowest BCUT2D eigenvalue weighted by atomic mass is 10.1. The highest BCUT2D eigenvalue weighted by Crippen LogP contribution is 2.47. The van der Waals surface area contributed by atoms with Crippen LogP contribution in [0.2, 0.25) is 0 Å². The summed E-state index contributed by atoms with van der Waals surface area (Å²) in [6.45, 7) is 2.15. The van der Waals surface area contributed by atoms with Gasteiger partial charge in [-0.3, -0.25) is 9.59 Å². The second-order valence-corrected chi connectivity index (χ2v) is 7.07. The van der Waals surface area contributed by atoms with Crippen molar-refractivity contribution in [2.75, 3.05) is 13.7 Å². The molecule has 1 N–H and O–H groups in total. The minimum atomic E-state index is -0.217. The van der Waals surface area contributed by atoms with Gasteiger partial charge in [-0.25, -0.2) is 4.98 Å². The number of aromatic amines is 1. The largest absolute Gasteiger partial charge is 0.497 e. The summed E-state index contributed by atoms with van der Waals surface area (Å²) in [7, 11) is 1.62. The second-order valence-electron chi connectivity index (χ2n) is 6.21. The molecule has 6 nitrogen and oxygen atoms in total. The monoisotopic (exact) mass is 370 g/mol. The van der Waals surface area contributed by atoms with E-state index in [-0.39, 0.29) is 23.4 Å². The fourth-order valence-corrected chi connectivity index (χ4v) is 4.09. The molecule has 1 fully saturated rings. The van der Waals surface area contributed by atoms with Gasteiger partial charge < -0.3 is 14.5 Å². The van der Waals surface area contributed by atoms with Crippen LogP contribution in [0.5, 0.6) is 5.75 Å². The van der Waals surface area contributed by atoms with Crippen molar-refractivity contribution in [3.05, 3.63) is 45.8 Å². The predicted molar refractivity (Wildman–Crippen MR) is 99.7 cm³/mol. The molecule has 0 aliphatic heterocycles. The van der Waals surface area contributed by atoms with Gasteiger partial charge in [0, 0.05) is 16.9 Å². The van der Waals surface area contributed by atoms with E-state index in [1.54, 1.807) is 14.0 Å². The summed E-state index contributed by atoms with van der Waals surface area (Å²) in [5.41, 5.74) is 1.62. The minimum absolute atomic E-state index is 0.0577. The van der Waals surface area contributed by atoms with Crippen molar-refractivity contribution in [2.45, 2.75) is 19.3 Å². The first-order valence-electron chi connectivity index (χ1n) is 8.44. The van der Waals surface area contributed by atoms with Crippen molar-refractivity contribution >= 4 is 27.5 Å². The Labute approximate surface area is 153 Å². The van der Waals surface area contributed by atoms with Gasteiger partial charge in [-0.2, -0.15) is 0 Å². The number of hydrogen-bond donors (Lipinski definition) is 1. The first kappa shape index (κ1) is 16.8. The molecular formula is C19H18N2O4S. The van der Waals surface area contributed by atoms with Gasteiger partial charge in [0.1, 0.15) is 16.4 Å². The Morgan fingerprint density at radius 1 is 1.35 bits per heavy atom. The number of carbonyl (C=O) groups excluding carboxylic acids is 1. The van der Waals surface area contributed by atoms with E-state index >= 15 is 0 Å². The lowest BCUT2D eigenvalue weighted by molar-refractivity contribution is -0.144. The van der Waals surface area contributed by atoms with Crippen LogP contribution in [0.15, 0.2) is 34.4 Å². The van der Waals surface area contributed by atoms with Gasteiger partial charge in [0.05, 0.1) is 25.0 Å². The van der Waals surface area contributed by atoms with E-state index < -0.39 is 0 Å². The second kappa shape index (κ2) is 6.57. The van der Waals surface area contributed by atoms with Crippen molar-refractivity contribution in [2.24, 2.45) is 5.92 Å². The van der Waals surface area contributed by atoms with E-state index in [2.05, 4.69) is 9.97 Å². The molecule has 1 aliphatic rings. The van der Waals surface area contributed by atoms with Crippen LogP contribution in [0.25, 0.3) is 21.3 Å². The Kier molecular flexibility index (Phi) is 4.24. The molecule has 1 aromatic carbocycles. The topological polar surface area (TPSA) is 81.3 Å². The van der Waals surface area contributed by atoms with Crippen LogP contribution in [-0.2, 0) is 9.53 Å². The number of aromatic nitrogens is 2. The summed E-state index contributed by atoms with van der Waals surface area (Å²) >= 11 is 1.43. The molecule has 2 heterocycles. The Balaban J connectivity index is 1.68. The molecule has 0 radical (unpaired) electrons. The Morgan fingerprint density at radius 2 is 2.12 bits per heavy atom. The Hall–Kier alpha value is -2.67. The van der Waals surface area contributed by atoms with E-state index in [0.717, 1.165) is 16.9 Å². The summed E-state index contributed by atoms with van der Waals surface area (Å²) in [5, 5.41) is 2.52. The molecule has 0 bridgehead atoms. The number of rotatable bonds is 5. The zero-order valence-electron chi connectivity index (χ0n) is 14.4. The van der Waals surface area contributed by atoms with Crippen molar-refractivity contribution in [3.63, 3.8) is 0 Å². The van der Waals surface area contributed by atoms with E-state index in [1.807, 2.05) is 29.6 Å². The molecule has 2 atom stereocenters. The first-order valence-corrected chi connectivity index (χ1v) is 9.32. The van der Waals surface area contributed by atoms with Crippen molar-refractivity contribution in [3.8, 4) is 16.9 Å². The standard InChI is InChI=1S/C19H18N2O4S/c1-3-25-19(23)13-8-12(13)16-20-17(22)15-14(9-26-18(15)21-16)10-4-6-11(24-2)7-5-10/h4-7,9,12-13H,3,8H2,1-2H3,(H,20,21,22)/t12-,13+/m0/s1. The van der Waals surface area contributed by atoms with Gasteiger partial charge in [0.15, 0.2) is 0 Å². The molecule has 0 spiro atoms. The van der Waals surface area contributed by atoms with Crippen LogP contribution in [0, 0.1) is 5.92 Å². The summed E-state index contributed by atoms with van der Waals surface area (Å²) in [6, 6.07) is 7.57. The molecule has 0 amide bonds. The first-order chi connectivity index (χ1) is 12.6. The number of carbonyl (C=O) groups is 1. The summed E-state index contributed by atoms with van der Waals surface area (Å²) < 4.78 is 10.2. The normalized spacial score (nSPS) is 18.7. The van der Waals surface area contributed by atoms with Crippen LogP contribution in [0.1, 0.15) is 25.1 Å². The summed E-state index contributed by atoms with van der Waals surface area (Å²) in [6.07, 6.45) is 0.671. The smallest absolute Gasteiger partial charge is 0.309 e. The lowest BCUT2D eigenvalue weighted by Crippen LogP contribution is -2.13. The van der Waals surface area contributed by atoms with Gasteiger partial charge in [-0.05, 0) is 31.0 Å². The highest BCUT2D eigenvalue weighted by molar-refractivity contribution is 7.17. The van der Waals surface area contributed by atoms with Crippen molar-refractivity contribution < 1.29 is 14.3 Å². The van der Waals surface area contributed by atoms with Crippen LogP contribution >= 0.6 is 11.3 Å². The van der Waals surface area contributed by atoms with E-state index in [1.165, 1.54) is 11.3 Å². The summed E-state index contributed by atoms with van der Waals surface area (Å²) in [4.78, 5) is 32.7. The number of esters is 1. The molecule has 0 unspecified atom stereocenters. The fourth-order valence-electron chi connectivity index (χ4n) is 3.13. The van der Waals surface area contributed by atoms with E-state index in [0.29, 0.717) is 29.1 Å². The van der Waals surface area contributed by atoms with Gasteiger partial charge in [0.25, 0.3) is 5.56 Å². The molecule has 4 rings (SSSR count). The molecule has 1 saturated carbocycles. The lowest BCUT2D eigenvalue weighted by Gasteiger charge is -2.04. The van der Waals surface area contributed by atoms with Crippen LogP contribution in [0.3, 0.4) is 0 Å². The third-order valence-corrected chi connectivity index (χ3v) is 5.47. The molecule has 1 aliphatic carbocycles. The number of benzene rings is 1. The molecule has 7 heteroatoms. The predicted octanol–water partition coefficient (Wildman–Crippen LogP) is 3.33. The highest BCUT2D eigenvalue weighted by Gasteiger charge is 2.47. The number of methoxy groups -OCH3 is 1. The number of ether oxygens (including phenoxy) is 2. The van der Waals surface area contributed by atoms with Gasteiger partial charge in [-0.15, -0.1) is 11.3 Å². The highest BCUT2D eigenvalue weighted by atomic mass is 32.1. The van der Waals surface area contributed by atoms with Crippen LogP contribution in [-0.4, -0.2) is 29.7 Å². The molecule has 3 aromatic rings. The average Bonchev–Trinajstić information content (AvgIpc) is 3.34. The molecule has 26 heavy (non-hydrogen) atoms. The fraction of sp³-hybridized carbons (Fsp3) is 0.316. The van der Waals surface area contributed by atoms with E-state index in [9.17, 15) is 9.59 Å². The quantitative estimate of drug-likeness (QED) is 0.697. The number of thiophene rings is 1. The van der Waals surface area contributed by atoms with Crippen molar-refractivity contribution in [1.29, 1.82) is 0 Å². The number of H-pyrrole nitrogens is 1. The Morgan fingerprint density at radius 3 is 2.81 bits per heavy atom. The SMILES string of the molecule is CCOC(=O)[C@@H]1C[C@@H]1c1nc2scc(-c3ccc(OC)cc3)c2c(=O)[nH]1.